The fourth-order valence-corrected chi connectivity index (χ4v) is 4.16. The summed E-state index contributed by atoms with van der Waals surface area (Å²) in [4.78, 5) is 53.8. The Morgan fingerprint density at radius 1 is 0.865 bits per heavy atom. The van der Waals surface area contributed by atoms with Gasteiger partial charge in [0.2, 0.25) is 17.7 Å². The number of aromatic amines is 1. The van der Waals surface area contributed by atoms with E-state index in [0.29, 0.717) is 6.42 Å². The van der Waals surface area contributed by atoms with E-state index in [2.05, 4.69) is 20.9 Å². The highest BCUT2D eigenvalue weighted by atomic mass is 16.4. The number of nitrogens with two attached hydrogens (primary N) is 1. The monoisotopic (exact) mass is 515 g/mol. The summed E-state index contributed by atoms with van der Waals surface area (Å²) in [6.45, 7) is 10.8. The SMILES string of the molecule is CC(C)CC(NC(=O)C(NC(=O)C(N)Cc1c[nH]c2ccccc12)C(C)C)C(=O)NC(C(=O)O)C(C)C. The lowest BCUT2D eigenvalue weighted by atomic mass is 9.98. The number of carbonyl (C=O) groups is 4. The highest BCUT2D eigenvalue weighted by Gasteiger charge is 2.32. The average Bonchev–Trinajstić information content (AvgIpc) is 3.21. The minimum Gasteiger partial charge on any atom is -0.480 e. The number of benzene rings is 1. The van der Waals surface area contributed by atoms with Crippen molar-refractivity contribution in [3.63, 3.8) is 0 Å². The predicted molar refractivity (Wildman–Crippen MR) is 143 cm³/mol. The Morgan fingerprint density at radius 3 is 2.03 bits per heavy atom. The Balaban J connectivity index is 2.11. The molecule has 0 bridgehead atoms. The normalized spacial score (nSPS) is 14.9. The first-order valence-electron chi connectivity index (χ1n) is 12.8. The summed E-state index contributed by atoms with van der Waals surface area (Å²) in [5.41, 5.74) is 8.04. The van der Waals surface area contributed by atoms with Crippen LogP contribution < -0.4 is 21.7 Å². The molecular weight excluding hydrogens is 474 g/mol. The Bertz CT molecular complexity index is 1090. The molecule has 0 spiro atoms. The smallest absolute Gasteiger partial charge is 0.326 e. The molecule has 7 N–H and O–H groups in total. The van der Waals surface area contributed by atoms with E-state index in [9.17, 15) is 24.3 Å². The lowest BCUT2D eigenvalue weighted by molar-refractivity contribution is -0.143. The first-order chi connectivity index (χ1) is 17.3. The number of aromatic nitrogens is 1. The fraction of sp³-hybridized carbons (Fsp3) is 0.556. The van der Waals surface area contributed by atoms with Crippen LogP contribution in [0.1, 0.15) is 53.5 Å². The molecule has 0 saturated carbocycles. The number of para-hydroxylation sites is 1. The zero-order valence-corrected chi connectivity index (χ0v) is 22.5. The maximum atomic E-state index is 13.2. The van der Waals surface area contributed by atoms with Gasteiger partial charge in [0.15, 0.2) is 0 Å². The lowest BCUT2D eigenvalue weighted by Crippen LogP contribution is -2.59. The number of aliphatic carboxylic acids is 1. The summed E-state index contributed by atoms with van der Waals surface area (Å²) in [5.74, 6) is -3.29. The molecule has 1 aromatic heterocycles. The summed E-state index contributed by atoms with van der Waals surface area (Å²) in [6.07, 6.45) is 2.41. The number of nitrogens with one attached hydrogen (secondary N) is 4. The van der Waals surface area contributed by atoms with Gasteiger partial charge in [0.1, 0.15) is 18.1 Å². The number of rotatable bonds is 13. The quantitative estimate of drug-likeness (QED) is 0.238. The maximum Gasteiger partial charge on any atom is 0.326 e. The molecule has 10 nitrogen and oxygen atoms in total. The van der Waals surface area contributed by atoms with Crippen LogP contribution in [0.15, 0.2) is 30.5 Å². The molecule has 0 fully saturated rings. The van der Waals surface area contributed by atoms with Gasteiger partial charge in [-0.2, -0.15) is 0 Å². The largest absolute Gasteiger partial charge is 0.480 e. The van der Waals surface area contributed by atoms with E-state index in [1.165, 1.54) is 0 Å². The van der Waals surface area contributed by atoms with Gasteiger partial charge in [-0.15, -0.1) is 0 Å². The van der Waals surface area contributed by atoms with Crippen molar-refractivity contribution in [2.45, 2.75) is 78.6 Å². The predicted octanol–water partition coefficient (Wildman–Crippen LogP) is 1.93. The summed E-state index contributed by atoms with van der Waals surface area (Å²) in [6, 6.07) is 3.87. The minimum absolute atomic E-state index is 0.0510. The van der Waals surface area contributed by atoms with Crippen LogP contribution in [0.2, 0.25) is 0 Å². The highest BCUT2D eigenvalue weighted by Crippen LogP contribution is 2.19. The lowest BCUT2D eigenvalue weighted by Gasteiger charge is -2.28. The minimum atomic E-state index is -1.14. The zero-order chi connectivity index (χ0) is 27.9. The molecule has 37 heavy (non-hydrogen) atoms. The van der Waals surface area contributed by atoms with Crippen molar-refractivity contribution in [1.29, 1.82) is 0 Å². The molecule has 204 valence electrons. The molecule has 0 saturated heterocycles. The second-order valence-electron chi connectivity index (χ2n) is 10.7. The van der Waals surface area contributed by atoms with Crippen molar-refractivity contribution < 1.29 is 24.3 Å². The number of carboxylic acid groups (broad SMARTS) is 1. The third kappa shape index (κ3) is 8.31. The Morgan fingerprint density at radius 2 is 1.46 bits per heavy atom. The molecule has 0 aliphatic carbocycles. The van der Waals surface area contributed by atoms with Gasteiger partial charge in [0.05, 0.1) is 6.04 Å². The van der Waals surface area contributed by atoms with Crippen LogP contribution in [-0.2, 0) is 25.6 Å². The molecule has 4 atom stereocenters. The van der Waals surface area contributed by atoms with Gasteiger partial charge in [-0.1, -0.05) is 59.7 Å². The van der Waals surface area contributed by atoms with Gasteiger partial charge in [-0.25, -0.2) is 4.79 Å². The van der Waals surface area contributed by atoms with Crippen LogP contribution in [0.3, 0.4) is 0 Å². The second kappa shape index (κ2) is 13.2. The third-order valence-electron chi connectivity index (χ3n) is 6.27. The van der Waals surface area contributed by atoms with E-state index >= 15 is 0 Å². The number of carbonyl (C=O) groups excluding carboxylic acids is 3. The molecule has 3 amide bonds. The number of fused-ring (bicyclic) bond motifs is 1. The van der Waals surface area contributed by atoms with E-state index < -0.39 is 47.9 Å². The van der Waals surface area contributed by atoms with Crippen LogP contribution in [0.5, 0.6) is 0 Å². The number of H-pyrrole nitrogens is 1. The van der Waals surface area contributed by atoms with Crippen molar-refractivity contribution >= 4 is 34.6 Å². The van der Waals surface area contributed by atoms with Crippen molar-refractivity contribution in [3.8, 4) is 0 Å². The van der Waals surface area contributed by atoms with Crippen LogP contribution >= 0.6 is 0 Å². The van der Waals surface area contributed by atoms with Gasteiger partial charge < -0.3 is 31.8 Å². The van der Waals surface area contributed by atoms with Gasteiger partial charge in [0, 0.05) is 17.1 Å². The first kappa shape index (κ1) is 29.8. The molecule has 0 aliphatic rings. The Kier molecular flexibility index (Phi) is 10.7. The maximum absolute atomic E-state index is 13.2. The van der Waals surface area contributed by atoms with Crippen LogP contribution in [0.4, 0.5) is 0 Å². The topological polar surface area (TPSA) is 166 Å². The molecular formula is C27H41N5O5. The van der Waals surface area contributed by atoms with Crippen LogP contribution in [0, 0.1) is 17.8 Å². The zero-order valence-electron chi connectivity index (χ0n) is 22.5. The Labute approximate surface area is 218 Å². The molecule has 10 heteroatoms. The van der Waals surface area contributed by atoms with E-state index in [4.69, 9.17) is 5.73 Å². The molecule has 0 radical (unpaired) electrons. The van der Waals surface area contributed by atoms with Crippen LogP contribution in [0.25, 0.3) is 10.9 Å². The fourth-order valence-electron chi connectivity index (χ4n) is 4.16. The molecule has 0 aliphatic heterocycles. The number of amides is 3. The number of carboxylic acids is 1. The Hall–Kier alpha value is -3.40. The summed E-state index contributed by atoms with van der Waals surface area (Å²) >= 11 is 0. The van der Waals surface area contributed by atoms with Crippen molar-refractivity contribution in [2.24, 2.45) is 23.5 Å². The molecule has 4 unspecified atom stereocenters. The summed E-state index contributed by atoms with van der Waals surface area (Å²) in [7, 11) is 0. The molecule has 2 aromatic rings. The highest BCUT2D eigenvalue weighted by molar-refractivity contribution is 5.94. The van der Waals surface area contributed by atoms with Gasteiger partial charge in [-0.05, 0) is 42.2 Å². The standard InChI is InChI=1S/C27H41N5O5/c1-14(2)11-21(25(34)32-23(16(5)6)27(36)37)30-26(35)22(15(3)4)31-24(33)19(28)12-17-13-29-20-10-8-7-9-18(17)20/h7-10,13-16,19,21-23,29H,11-12,28H2,1-6H3,(H,30,35)(H,31,33)(H,32,34)(H,36,37). The van der Waals surface area contributed by atoms with Crippen molar-refractivity contribution in [3.05, 3.63) is 36.0 Å². The average molecular weight is 516 g/mol. The van der Waals surface area contributed by atoms with E-state index in [1.54, 1.807) is 27.7 Å². The number of hydrogen-bond acceptors (Lipinski definition) is 5. The van der Waals surface area contributed by atoms with Gasteiger partial charge >= 0.3 is 5.97 Å². The summed E-state index contributed by atoms with van der Waals surface area (Å²) < 4.78 is 0. The first-order valence-corrected chi connectivity index (χ1v) is 12.8. The van der Waals surface area contributed by atoms with Crippen molar-refractivity contribution in [2.75, 3.05) is 0 Å². The molecule has 2 rings (SSSR count). The van der Waals surface area contributed by atoms with E-state index in [1.807, 2.05) is 44.3 Å². The van der Waals surface area contributed by atoms with E-state index in [0.717, 1.165) is 16.5 Å². The molecule has 1 aromatic carbocycles. The van der Waals surface area contributed by atoms with E-state index in [-0.39, 0.29) is 24.2 Å². The van der Waals surface area contributed by atoms with Gasteiger partial charge in [-0.3, -0.25) is 14.4 Å². The van der Waals surface area contributed by atoms with Gasteiger partial charge in [0.25, 0.3) is 0 Å². The number of hydrogen-bond donors (Lipinski definition) is 6. The van der Waals surface area contributed by atoms with Crippen LogP contribution in [-0.4, -0.2) is 57.9 Å². The van der Waals surface area contributed by atoms with Crippen molar-refractivity contribution in [1.82, 2.24) is 20.9 Å². The second-order valence-corrected chi connectivity index (χ2v) is 10.7. The molecule has 1 heterocycles. The summed E-state index contributed by atoms with van der Waals surface area (Å²) in [5, 5.41) is 18.4. The third-order valence-corrected chi connectivity index (χ3v) is 6.27.